The van der Waals surface area contributed by atoms with Crippen molar-refractivity contribution in [1.82, 2.24) is 15.3 Å². The van der Waals surface area contributed by atoms with Gasteiger partial charge < -0.3 is 21.5 Å². The van der Waals surface area contributed by atoms with Crippen molar-refractivity contribution in [2.24, 2.45) is 5.73 Å². The highest BCUT2D eigenvalue weighted by molar-refractivity contribution is 7.22. The third kappa shape index (κ3) is 4.85. The molecule has 4 aromatic rings. The van der Waals surface area contributed by atoms with Crippen LogP contribution < -0.4 is 21.5 Å². The maximum Gasteiger partial charge on any atom is 0.398 e. The Balaban J connectivity index is 1.53. The molecule has 202 valence electrons. The van der Waals surface area contributed by atoms with Crippen molar-refractivity contribution >= 4 is 38.5 Å². The Bertz CT molecular complexity index is 1610. The zero-order valence-electron chi connectivity index (χ0n) is 20.3. The van der Waals surface area contributed by atoms with E-state index < -0.39 is 47.4 Å². The molecule has 0 bridgehead atoms. The Morgan fingerprint density at radius 2 is 1.87 bits per heavy atom. The molecule has 2 aromatic carbocycles. The van der Waals surface area contributed by atoms with Gasteiger partial charge in [-0.2, -0.15) is 13.2 Å². The number of rotatable bonds is 6. The SMILES string of the molecule is C[C@]1(C(N)=O)COc2c1cc(C(CNC(=O)c1ccc3sc(N)nc3c1)C(F)(F)F)nc2-c1ccc(F)cc1. The molecule has 0 saturated heterocycles. The molecule has 0 spiro atoms. The van der Waals surface area contributed by atoms with Crippen molar-refractivity contribution in [1.29, 1.82) is 0 Å². The third-order valence-electron chi connectivity index (χ3n) is 6.64. The summed E-state index contributed by atoms with van der Waals surface area (Å²) in [5.41, 5.74) is 10.4. The minimum Gasteiger partial charge on any atom is -0.489 e. The molecular weight excluding hydrogens is 538 g/mol. The number of anilines is 1. The van der Waals surface area contributed by atoms with E-state index in [9.17, 15) is 27.2 Å². The van der Waals surface area contributed by atoms with E-state index in [0.29, 0.717) is 10.6 Å². The van der Waals surface area contributed by atoms with Gasteiger partial charge in [0.15, 0.2) is 5.13 Å². The first-order valence-corrected chi connectivity index (χ1v) is 12.4. The molecule has 0 saturated carbocycles. The molecule has 5 rings (SSSR count). The first-order valence-electron chi connectivity index (χ1n) is 11.6. The van der Waals surface area contributed by atoms with Gasteiger partial charge in [0.25, 0.3) is 5.91 Å². The molecule has 2 atom stereocenters. The Hall–Kier alpha value is -4.26. The lowest BCUT2D eigenvalue weighted by molar-refractivity contribution is -0.149. The van der Waals surface area contributed by atoms with E-state index in [1.165, 1.54) is 42.5 Å². The van der Waals surface area contributed by atoms with Crippen LogP contribution in [0, 0.1) is 5.82 Å². The van der Waals surface area contributed by atoms with Crippen molar-refractivity contribution in [3.05, 3.63) is 71.2 Å². The second kappa shape index (κ2) is 9.49. The van der Waals surface area contributed by atoms with Crippen molar-refractivity contribution in [2.45, 2.75) is 24.4 Å². The minimum absolute atomic E-state index is 0.000348. The summed E-state index contributed by atoms with van der Waals surface area (Å²) >= 11 is 1.22. The number of benzene rings is 2. The number of hydrogen-bond acceptors (Lipinski definition) is 7. The van der Waals surface area contributed by atoms with Gasteiger partial charge in [-0.25, -0.2) is 14.4 Å². The van der Waals surface area contributed by atoms with Crippen LogP contribution in [-0.2, 0) is 10.2 Å². The molecule has 2 aromatic heterocycles. The summed E-state index contributed by atoms with van der Waals surface area (Å²) in [4.78, 5) is 33.4. The molecule has 0 radical (unpaired) electrons. The second-order valence-corrected chi connectivity index (χ2v) is 10.4. The minimum atomic E-state index is -4.83. The van der Waals surface area contributed by atoms with E-state index in [1.807, 2.05) is 0 Å². The number of amides is 2. The summed E-state index contributed by atoms with van der Waals surface area (Å²) in [6.45, 7) is 0.418. The van der Waals surface area contributed by atoms with Crippen LogP contribution in [0.15, 0.2) is 48.5 Å². The van der Waals surface area contributed by atoms with Crippen molar-refractivity contribution in [3.8, 4) is 17.0 Å². The molecule has 1 aliphatic heterocycles. The highest BCUT2D eigenvalue weighted by atomic mass is 32.1. The summed E-state index contributed by atoms with van der Waals surface area (Å²) in [6.07, 6.45) is -4.83. The quantitative estimate of drug-likeness (QED) is 0.302. The molecule has 0 aliphatic carbocycles. The molecule has 1 unspecified atom stereocenters. The van der Waals surface area contributed by atoms with Crippen LogP contribution in [0.3, 0.4) is 0 Å². The molecule has 13 heteroatoms. The van der Waals surface area contributed by atoms with Crippen molar-refractivity contribution < 1.29 is 31.9 Å². The monoisotopic (exact) mass is 559 g/mol. The van der Waals surface area contributed by atoms with E-state index in [0.717, 1.165) is 22.9 Å². The number of thiazole rings is 1. The van der Waals surface area contributed by atoms with Crippen LogP contribution in [0.4, 0.5) is 22.7 Å². The first kappa shape index (κ1) is 26.4. The number of nitrogens with zero attached hydrogens (tertiary/aromatic N) is 2. The predicted molar refractivity (Wildman–Crippen MR) is 137 cm³/mol. The number of carbonyl (C=O) groups excluding carboxylic acids is 2. The van der Waals surface area contributed by atoms with Crippen molar-refractivity contribution in [2.75, 3.05) is 18.9 Å². The number of nitrogen functional groups attached to an aromatic ring is 1. The number of primary amides is 1. The number of aromatic nitrogens is 2. The number of carbonyl (C=O) groups is 2. The zero-order valence-corrected chi connectivity index (χ0v) is 21.1. The number of fused-ring (bicyclic) bond motifs is 2. The van der Waals surface area contributed by atoms with Gasteiger partial charge in [0.05, 0.1) is 15.9 Å². The smallest absolute Gasteiger partial charge is 0.398 e. The Labute approximate surface area is 223 Å². The highest BCUT2D eigenvalue weighted by Gasteiger charge is 2.47. The van der Waals surface area contributed by atoms with Gasteiger partial charge in [0, 0.05) is 23.2 Å². The van der Waals surface area contributed by atoms with Gasteiger partial charge in [0.2, 0.25) is 5.91 Å². The highest BCUT2D eigenvalue weighted by Crippen LogP contribution is 2.46. The number of alkyl halides is 3. The standard InChI is InChI=1S/C26H21F4N5O3S/c1-25(23(31)37)11-38-21-15(25)9-17(34-20(21)12-2-5-14(27)6-3-12)16(26(28,29)30)10-33-22(36)13-4-7-19-18(8-13)35-24(32)39-19/h2-9,16H,10-11H2,1H3,(H2,31,37)(H2,32,35)(H,33,36)/t16?,25-/m0/s1. The van der Waals surface area contributed by atoms with E-state index in [4.69, 9.17) is 16.2 Å². The number of hydrogen-bond donors (Lipinski definition) is 3. The normalized spacial score (nSPS) is 17.5. The zero-order chi connectivity index (χ0) is 28.1. The number of pyridine rings is 1. The van der Waals surface area contributed by atoms with Crippen LogP contribution >= 0.6 is 11.3 Å². The lowest BCUT2D eigenvalue weighted by atomic mass is 9.82. The van der Waals surface area contributed by atoms with Gasteiger partial charge in [-0.15, -0.1) is 0 Å². The fraction of sp³-hybridized carbons (Fsp3) is 0.231. The van der Waals surface area contributed by atoms with E-state index in [2.05, 4.69) is 15.3 Å². The van der Waals surface area contributed by atoms with E-state index in [1.54, 1.807) is 6.07 Å². The maximum absolute atomic E-state index is 14.4. The van der Waals surface area contributed by atoms with Crippen LogP contribution in [0.1, 0.15) is 34.5 Å². The number of nitrogens with two attached hydrogens (primary N) is 2. The molecule has 39 heavy (non-hydrogen) atoms. The molecular formula is C26H21F4N5O3S. The summed E-state index contributed by atoms with van der Waals surface area (Å²) in [6, 6.07) is 10.6. The summed E-state index contributed by atoms with van der Waals surface area (Å²) in [5.74, 6) is -4.25. The van der Waals surface area contributed by atoms with Gasteiger partial charge in [-0.05, 0) is 55.5 Å². The maximum atomic E-state index is 14.4. The Morgan fingerprint density at radius 3 is 2.54 bits per heavy atom. The van der Waals surface area contributed by atoms with Crippen LogP contribution in [-0.4, -0.2) is 41.1 Å². The Kier molecular flexibility index (Phi) is 6.41. The van der Waals surface area contributed by atoms with Crippen LogP contribution in [0.2, 0.25) is 0 Å². The van der Waals surface area contributed by atoms with E-state index >= 15 is 0 Å². The fourth-order valence-corrected chi connectivity index (χ4v) is 5.07. The molecule has 2 amide bonds. The molecule has 5 N–H and O–H groups in total. The summed E-state index contributed by atoms with van der Waals surface area (Å²) in [5, 5.41) is 2.62. The van der Waals surface area contributed by atoms with Crippen LogP contribution in [0.5, 0.6) is 5.75 Å². The fourth-order valence-electron chi connectivity index (χ4n) is 4.36. The average Bonchev–Trinajstić information content (AvgIpc) is 3.42. The second-order valence-electron chi connectivity index (χ2n) is 9.30. The number of ether oxygens (including phenoxy) is 1. The van der Waals surface area contributed by atoms with Crippen LogP contribution in [0.25, 0.3) is 21.5 Å². The lowest BCUT2D eigenvalue weighted by Crippen LogP contribution is -2.40. The summed E-state index contributed by atoms with van der Waals surface area (Å²) < 4.78 is 63.1. The van der Waals surface area contributed by atoms with Gasteiger partial charge in [0.1, 0.15) is 35.2 Å². The molecule has 1 aliphatic rings. The first-order chi connectivity index (χ1) is 18.4. The van der Waals surface area contributed by atoms with Gasteiger partial charge >= 0.3 is 6.18 Å². The number of nitrogens with one attached hydrogen (secondary N) is 1. The van der Waals surface area contributed by atoms with E-state index in [-0.39, 0.29) is 34.7 Å². The lowest BCUT2D eigenvalue weighted by Gasteiger charge is -2.24. The average molecular weight is 560 g/mol. The molecule has 3 heterocycles. The number of halogens is 4. The van der Waals surface area contributed by atoms with Crippen molar-refractivity contribution in [3.63, 3.8) is 0 Å². The van der Waals surface area contributed by atoms with Gasteiger partial charge in [-0.3, -0.25) is 9.59 Å². The third-order valence-corrected chi connectivity index (χ3v) is 7.50. The summed E-state index contributed by atoms with van der Waals surface area (Å²) in [7, 11) is 0. The Morgan fingerprint density at radius 1 is 1.15 bits per heavy atom. The largest absolute Gasteiger partial charge is 0.489 e. The molecule has 0 fully saturated rings. The topological polar surface area (TPSA) is 133 Å². The predicted octanol–water partition coefficient (Wildman–Crippen LogP) is 4.29. The van der Waals surface area contributed by atoms with Gasteiger partial charge in [-0.1, -0.05) is 11.3 Å². The molecule has 8 nitrogen and oxygen atoms in total.